The van der Waals surface area contributed by atoms with Gasteiger partial charge in [-0.1, -0.05) is 60.2 Å². The van der Waals surface area contributed by atoms with E-state index in [0.717, 1.165) is 27.9 Å². The van der Waals surface area contributed by atoms with Crippen LogP contribution >= 0.6 is 0 Å². The molecule has 0 saturated heterocycles. The molecule has 0 saturated carbocycles. The zero-order chi connectivity index (χ0) is 19.7. The lowest BCUT2D eigenvalue weighted by atomic mass is 10.0. The summed E-state index contributed by atoms with van der Waals surface area (Å²) in [6.45, 7) is 6.09. The maximum Gasteiger partial charge on any atom is 0.341 e. The molecule has 2 aromatic heterocycles. The average molecular weight is 371 g/mol. The first-order valence-electron chi connectivity index (χ1n) is 9.28. The van der Waals surface area contributed by atoms with Crippen molar-refractivity contribution in [1.29, 1.82) is 0 Å². The summed E-state index contributed by atoms with van der Waals surface area (Å²) in [5, 5.41) is 4.74. The molecule has 4 aromatic rings. The Morgan fingerprint density at radius 2 is 1.71 bits per heavy atom. The molecule has 0 aliphatic heterocycles. The predicted molar refractivity (Wildman–Crippen MR) is 109 cm³/mol. The lowest BCUT2D eigenvalue weighted by Gasteiger charge is -2.11. The van der Waals surface area contributed by atoms with Crippen LogP contribution in [0.15, 0.2) is 60.8 Å². The summed E-state index contributed by atoms with van der Waals surface area (Å²) in [6.07, 6.45) is 1.59. The van der Waals surface area contributed by atoms with Crippen molar-refractivity contribution in [2.45, 2.75) is 20.8 Å². The largest absolute Gasteiger partial charge is 0.462 e. The minimum Gasteiger partial charge on any atom is -0.462 e. The fourth-order valence-electron chi connectivity index (χ4n) is 3.38. The third kappa shape index (κ3) is 3.05. The standard InChI is InChI=1S/C23H21N3O2/c1-4-28-23(27)19-14-24-22-20(17-8-6-5-7-9-17)16(3)25-26(22)21(19)18-12-10-15(2)11-13-18/h5-14H,4H2,1-3H3. The summed E-state index contributed by atoms with van der Waals surface area (Å²) >= 11 is 0. The van der Waals surface area contributed by atoms with Crippen molar-refractivity contribution in [2.24, 2.45) is 0 Å². The number of aryl methyl sites for hydroxylation is 2. The highest BCUT2D eigenvalue weighted by molar-refractivity contribution is 5.97. The van der Waals surface area contributed by atoms with Crippen molar-refractivity contribution in [3.63, 3.8) is 0 Å². The highest BCUT2D eigenvalue weighted by atomic mass is 16.5. The number of carbonyl (C=O) groups is 1. The number of rotatable bonds is 4. The molecule has 0 amide bonds. The van der Waals surface area contributed by atoms with Gasteiger partial charge < -0.3 is 4.74 Å². The number of benzene rings is 2. The number of hydrogen-bond donors (Lipinski definition) is 0. The van der Waals surface area contributed by atoms with Crippen LogP contribution in [0.3, 0.4) is 0 Å². The molecular weight excluding hydrogens is 350 g/mol. The normalized spacial score (nSPS) is 11.0. The Hall–Kier alpha value is -3.47. The second-order valence-electron chi connectivity index (χ2n) is 6.67. The van der Waals surface area contributed by atoms with Crippen LogP contribution in [0.4, 0.5) is 0 Å². The smallest absolute Gasteiger partial charge is 0.341 e. The minimum atomic E-state index is -0.401. The topological polar surface area (TPSA) is 56.5 Å². The van der Waals surface area contributed by atoms with Gasteiger partial charge in [0.05, 0.1) is 18.0 Å². The molecule has 140 valence electrons. The first kappa shape index (κ1) is 17.9. The maximum atomic E-state index is 12.6. The number of nitrogens with zero attached hydrogens (tertiary/aromatic N) is 3. The quantitative estimate of drug-likeness (QED) is 0.481. The van der Waals surface area contributed by atoms with Crippen LogP contribution in [-0.4, -0.2) is 27.2 Å². The van der Waals surface area contributed by atoms with Gasteiger partial charge in [-0.3, -0.25) is 0 Å². The van der Waals surface area contributed by atoms with Gasteiger partial charge in [0.2, 0.25) is 0 Å². The van der Waals surface area contributed by atoms with Crippen LogP contribution in [0.25, 0.3) is 28.0 Å². The predicted octanol–water partition coefficient (Wildman–Crippen LogP) is 4.86. The van der Waals surface area contributed by atoms with E-state index in [1.165, 1.54) is 0 Å². The monoisotopic (exact) mass is 371 g/mol. The van der Waals surface area contributed by atoms with Gasteiger partial charge in [0.15, 0.2) is 5.65 Å². The van der Waals surface area contributed by atoms with Gasteiger partial charge in [0.1, 0.15) is 5.56 Å². The number of hydrogen-bond acceptors (Lipinski definition) is 4. The molecule has 0 unspecified atom stereocenters. The Bertz CT molecular complexity index is 1150. The van der Waals surface area contributed by atoms with E-state index in [1.807, 2.05) is 68.4 Å². The summed E-state index contributed by atoms with van der Waals surface area (Å²) in [7, 11) is 0. The van der Waals surface area contributed by atoms with Gasteiger partial charge in [-0.25, -0.2) is 14.3 Å². The van der Waals surface area contributed by atoms with Crippen LogP contribution < -0.4 is 0 Å². The van der Waals surface area contributed by atoms with Crippen LogP contribution in [0.5, 0.6) is 0 Å². The second kappa shape index (κ2) is 7.27. The van der Waals surface area contributed by atoms with Crippen molar-refractivity contribution in [3.05, 3.63) is 77.6 Å². The van der Waals surface area contributed by atoms with Crippen LogP contribution in [0.1, 0.15) is 28.5 Å². The lowest BCUT2D eigenvalue weighted by Crippen LogP contribution is -2.11. The van der Waals surface area contributed by atoms with Crippen molar-refractivity contribution in [3.8, 4) is 22.4 Å². The number of aromatic nitrogens is 3. The van der Waals surface area contributed by atoms with Crippen LogP contribution in [0, 0.1) is 13.8 Å². The summed E-state index contributed by atoms with van der Waals surface area (Å²) in [6, 6.07) is 18.1. The van der Waals surface area contributed by atoms with E-state index >= 15 is 0 Å². The molecule has 0 aliphatic carbocycles. The Balaban J connectivity index is 2.03. The van der Waals surface area contributed by atoms with Gasteiger partial charge in [0.25, 0.3) is 0 Å². The molecule has 0 aliphatic rings. The summed E-state index contributed by atoms with van der Waals surface area (Å²) in [4.78, 5) is 17.2. The molecule has 0 atom stereocenters. The Morgan fingerprint density at radius 1 is 1.00 bits per heavy atom. The molecule has 5 heteroatoms. The molecule has 4 rings (SSSR count). The molecule has 0 fully saturated rings. The average Bonchev–Trinajstić information content (AvgIpc) is 3.04. The van der Waals surface area contributed by atoms with Gasteiger partial charge in [-0.15, -0.1) is 0 Å². The third-order valence-electron chi connectivity index (χ3n) is 4.70. The maximum absolute atomic E-state index is 12.6. The number of ether oxygens (including phenoxy) is 1. The van der Waals surface area contributed by atoms with E-state index in [1.54, 1.807) is 17.6 Å². The molecular formula is C23H21N3O2. The van der Waals surface area contributed by atoms with Gasteiger partial charge in [0, 0.05) is 17.3 Å². The first-order valence-corrected chi connectivity index (χ1v) is 9.28. The molecule has 0 N–H and O–H groups in total. The third-order valence-corrected chi connectivity index (χ3v) is 4.70. The fourth-order valence-corrected chi connectivity index (χ4v) is 3.38. The molecule has 28 heavy (non-hydrogen) atoms. The fraction of sp³-hybridized carbons (Fsp3) is 0.174. The second-order valence-corrected chi connectivity index (χ2v) is 6.67. The van der Waals surface area contributed by atoms with Crippen LogP contribution in [0.2, 0.25) is 0 Å². The van der Waals surface area contributed by atoms with Gasteiger partial charge >= 0.3 is 5.97 Å². The molecule has 0 radical (unpaired) electrons. The van der Waals surface area contributed by atoms with E-state index in [-0.39, 0.29) is 0 Å². The molecule has 2 aromatic carbocycles. The SMILES string of the molecule is CCOC(=O)c1cnc2c(-c3ccccc3)c(C)nn2c1-c1ccc(C)cc1. The van der Waals surface area contributed by atoms with Gasteiger partial charge in [-0.05, 0) is 26.3 Å². The van der Waals surface area contributed by atoms with E-state index in [2.05, 4.69) is 4.98 Å². The lowest BCUT2D eigenvalue weighted by molar-refractivity contribution is 0.0526. The summed E-state index contributed by atoms with van der Waals surface area (Å²) < 4.78 is 7.02. The van der Waals surface area contributed by atoms with Crippen molar-refractivity contribution in [2.75, 3.05) is 6.61 Å². The van der Waals surface area contributed by atoms with Crippen molar-refractivity contribution in [1.82, 2.24) is 14.6 Å². The van der Waals surface area contributed by atoms with E-state index in [9.17, 15) is 4.79 Å². The number of esters is 1. The highest BCUT2D eigenvalue weighted by Gasteiger charge is 2.22. The Labute approximate surface area is 163 Å². The van der Waals surface area contributed by atoms with E-state index in [4.69, 9.17) is 9.84 Å². The number of carbonyl (C=O) groups excluding carboxylic acids is 1. The van der Waals surface area contributed by atoms with E-state index < -0.39 is 5.97 Å². The zero-order valence-corrected chi connectivity index (χ0v) is 16.1. The zero-order valence-electron chi connectivity index (χ0n) is 16.1. The summed E-state index contributed by atoms with van der Waals surface area (Å²) in [5.41, 5.74) is 6.71. The van der Waals surface area contributed by atoms with Crippen molar-refractivity contribution < 1.29 is 9.53 Å². The highest BCUT2D eigenvalue weighted by Crippen LogP contribution is 2.32. The first-order chi connectivity index (χ1) is 13.6. The molecule has 2 heterocycles. The summed E-state index contributed by atoms with van der Waals surface area (Å²) in [5.74, 6) is -0.401. The number of fused-ring (bicyclic) bond motifs is 1. The molecule has 0 bridgehead atoms. The molecule has 5 nitrogen and oxygen atoms in total. The van der Waals surface area contributed by atoms with Gasteiger partial charge in [-0.2, -0.15) is 5.10 Å². The van der Waals surface area contributed by atoms with E-state index in [0.29, 0.717) is 23.5 Å². The Kier molecular flexibility index (Phi) is 4.65. The minimum absolute atomic E-state index is 0.303. The molecule has 0 spiro atoms. The van der Waals surface area contributed by atoms with Crippen LogP contribution in [-0.2, 0) is 4.74 Å². The van der Waals surface area contributed by atoms with Crippen molar-refractivity contribution >= 4 is 11.6 Å². The Morgan fingerprint density at radius 3 is 2.39 bits per heavy atom.